The molecule has 0 spiro atoms. The Hall–Kier alpha value is -0.650. The summed E-state index contributed by atoms with van der Waals surface area (Å²) in [5, 5.41) is 4.30. The first-order chi connectivity index (χ1) is 8.61. The number of halogens is 1. The number of rotatable bonds is 7. The molecule has 2 N–H and O–H groups in total. The molecule has 1 aliphatic rings. The van der Waals surface area contributed by atoms with E-state index in [1.165, 1.54) is 12.8 Å². The first-order valence-electron chi connectivity index (χ1n) is 6.88. The summed E-state index contributed by atoms with van der Waals surface area (Å²) >= 11 is 0. The average Bonchev–Trinajstić information content (AvgIpc) is 3.04. The molecule has 1 atom stereocenters. The maximum Gasteiger partial charge on any atom is 0.141 e. The van der Waals surface area contributed by atoms with Gasteiger partial charge in [0.15, 0.2) is 0 Å². The highest BCUT2D eigenvalue weighted by Crippen LogP contribution is 2.34. The molecule has 1 saturated carbocycles. The third-order valence-electron chi connectivity index (χ3n) is 3.60. The van der Waals surface area contributed by atoms with E-state index in [1.54, 1.807) is 6.33 Å². The first kappa shape index (κ1) is 16.4. The molecule has 0 saturated heterocycles. The Morgan fingerprint density at radius 3 is 2.68 bits per heavy atom. The smallest absolute Gasteiger partial charge is 0.141 e. The van der Waals surface area contributed by atoms with Crippen molar-refractivity contribution >= 4 is 12.4 Å². The standard InChI is InChI=1S/C13H25N5.ClH/c1-10(2)7-18-13(15-9-16-18)8-17(3)12(6-14)11-4-5-11;/h9-12H,4-8,14H2,1-3H3;1H. The molecule has 1 aromatic rings. The van der Waals surface area contributed by atoms with Crippen molar-refractivity contribution < 1.29 is 0 Å². The fourth-order valence-electron chi connectivity index (χ4n) is 2.46. The Kier molecular flexibility index (Phi) is 6.23. The van der Waals surface area contributed by atoms with Crippen LogP contribution in [0.1, 0.15) is 32.5 Å². The van der Waals surface area contributed by atoms with Gasteiger partial charge in [-0.3, -0.25) is 4.90 Å². The van der Waals surface area contributed by atoms with Crippen molar-refractivity contribution in [1.82, 2.24) is 19.7 Å². The van der Waals surface area contributed by atoms with E-state index in [0.29, 0.717) is 12.0 Å². The van der Waals surface area contributed by atoms with Crippen molar-refractivity contribution in [3.63, 3.8) is 0 Å². The lowest BCUT2D eigenvalue weighted by atomic mass is 10.1. The first-order valence-corrected chi connectivity index (χ1v) is 6.88. The average molecular weight is 288 g/mol. The van der Waals surface area contributed by atoms with E-state index >= 15 is 0 Å². The van der Waals surface area contributed by atoms with Crippen LogP contribution >= 0.6 is 12.4 Å². The van der Waals surface area contributed by atoms with Crippen molar-refractivity contribution in [2.24, 2.45) is 17.6 Å². The molecular formula is C13H26ClN5. The lowest BCUT2D eigenvalue weighted by molar-refractivity contribution is 0.206. The predicted octanol–water partition coefficient (Wildman–Crippen LogP) is 1.52. The number of aromatic nitrogens is 3. The Balaban J connectivity index is 0.00000180. The van der Waals surface area contributed by atoms with E-state index in [9.17, 15) is 0 Å². The fraction of sp³-hybridized carbons (Fsp3) is 0.846. The summed E-state index contributed by atoms with van der Waals surface area (Å²) in [5.41, 5.74) is 5.88. The third-order valence-corrected chi connectivity index (χ3v) is 3.60. The number of hydrogen-bond donors (Lipinski definition) is 1. The van der Waals surface area contributed by atoms with Gasteiger partial charge in [-0.2, -0.15) is 5.10 Å². The van der Waals surface area contributed by atoms with Crippen molar-refractivity contribution in [1.29, 1.82) is 0 Å². The number of likely N-dealkylation sites (N-methyl/N-ethyl adjacent to an activating group) is 1. The van der Waals surface area contributed by atoms with Gasteiger partial charge in [-0.15, -0.1) is 12.4 Å². The lowest BCUT2D eigenvalue weighted by Crippen LogP contribution is -2.39. The minimum Gasteiger partial charge on any atom is -0.329 e. The summed E-state index contributed by atoms with van der Waals surface area (Å²) in [7, 11) is 2.14. The molecule has 0 aromatic carbocycles. The van der Waals surface area contributed by atoms with Crippen LogP contribution in [0.3, 0.4) is 0 Å². The van der Waals surface area contributed by atoms with Gasteiger partial charge < -0.3 is 5.73 Å². The van der Waals surface area contributed by atoms with Crippen LogP contribution < -0.4 is 5.73 Å². The van der Waals surface area contributed by atoms with Crippen molar-refractivity contribution in [2.45, 2.75) is 45.8 Å². The second-order valence-corrected chi connectivity index (χ2v) is 5.81. The van der Waals surface area contributed by atoms with Gasteiger partial charge in [0.25, 0.3) is 0 Å². The van der Waals surface area contributed by atoms with Crippen LogP contribution in [0.25, 0.3) is 0 Å². The van der Waals surface area contributed by atoms with Crippen molar-refractivity contribution in [3.8, 4) is 0 Å². The van der Waals surface area contributed by atoms with Crippen LogP contribution in [0, 0.1) is 11.8 Å². The maximum atomic E-state index is 5.88. The molecule has 6 heteroatoms. The lowest BCUT2D eigenvalue weighted by Gasteiger charge is -2.26. The Labute approximate surface area is 122 Å². The van der Waals surface area contributed by atoms with Crippen LogP contribution in [0.15, 0.2) is 6.33 Å². The zero-order valence-electron chi connectivity index (χ0n) is 12.1. The zero-order chi connectivity index (χ0) is 13.1. The molecule has 110 valence electrons. The molecule has 19 heavy (non-hydrogen) atoms. The molecule has 1 fully saturated rings. The van der Waals surface area contributed by atoms with Crippen molar-refractivity contribution in [2.75, 3.05) is 13.6 Å². The second-order valence-electron chi connectivity index (χ2n) is 5.81. The molecule has 0 bridgehead atoms. The van der Waals surface area contributed by atoms with Crippen LogP contribution in [0.2, 0.25) is 0 Å². The normalized spacial score (nSPS) is 16.7. The minimum atomic E-state index is 0. The van der Waals surface area contributed by atoms with Gasteiger partial charge in [0, 0.05) is 19.1 Å². The summed E-state index contributed by atoms with van der Waals surface area (Å²) in [6.07, 6.45) is 4.30. The Morgan fingerprint density at radius 1 is 1.47 bits per heavy atom. The summed E-state index contributed by atoms with van der Waals surface area (Å²) in [6, 6.07) is 0.495. The quantitative estimate of drug-likeness (QED) is 0.826. The van der Waals surface area contributed by atoms with Gasteiger partial charge in [0.1, 0.15) is 12.2 Å². The Morgan fingerprint density at radius 2 is 2.16 bits per heavy atom. The van der Waals surface area contributed by atoms with Gasteiger partial charge in [-0.05, 0) is 31.7 Å². The van der Waals surface area contributed by atoms with Crippen LogP contribution in [-0.2, 0) is 13.1 Å². The van der Waals surface area contributed by atoms with E-state index in [0.717, 1.165) is 31.4 Å². The summed E-state index contributed by atoms with van der Waals surface area (Å²) < 4.78 is 2.02. The van der Waals surface area contributed by atoms with Gasteiger partial charge in [0.2, 0.25) is 0 Å². The molecule has 0 amide bonds. The van der Waals surface area contributed by atoms with E-state index < -0.39 is 0 Å². The minimum absolute atomic E-state index is 0. The molecule has 2 rings (SSSR count). The van der Waals surface area contributed by atoms with Gasteiger partial charge >= 0.3 is 0 Å². The third kappa shape index (κ3) is 4.44. The molecular weight excluding hydrogens is 262 g/mol. The molecule has 1 aromatic heterocycles. The SMILES string of the molecule is CC(C)Cn1ncnc1CN(C)C(CN)C1CC1.Cl. The van der Waals surface area contributed by atoms with Gasteiger partial charge in [0.05, 0.1) is 6.54 Å². The second kappa shape index (κ2) is 7.22. The van der Waals surface area contributed by atoms with E-state index in [1.807, 2.05) is 4.68 Å². The zero-order valence-corrected chi connectivity index (χ0v) is 12.9. The highest BCUT2D eigenvalue weighted by Gasteiger charge is 2.33. The highest BCUT2D eigenvalue weighted by atomic mass is 35.5. The van der Waals surface area contributed by atoms with Gasteiger partial charge in [-0.1, -0.05) is 13.8 Å². The van der Waals surface area contributed by atoms with Crippen molar-refractivity contribution in [3.05, 3.63) is 12.2 Å². The molecule has 1 unspecified atom stereocenters. The molecule has 0 radical (unpaired) electrons. The molecule has 0 aliphatic heterocycles. The largest absolute Gasteiger partial charge is 0.329 e. The van der Waals surface area contributed by atoms with E-state index in [2.05, 4.69) is 35.9 Å². The van der Waals surface area contributed by atoms with E-state index in [-0.39, 0.29) is 12.4 Å². The number of nitrogens with zero attached hydrogens (tertiary/aromatic N) is 4. The topological polar surface area (TPSA) is 60.0 Å². The van der Waals surface area contributed by atoms with Crippen LogP contribution in [-0.4, -0.2) is 39.3 Å². The molecule has 1 heterocycles. The van der Waals surface area contributed by atoms with Crippen LogP contribution in [0.4, 0.5) is 0 Å². The fourth-order valence-corrected chi connectivity index (χ4v) is 2.46. The monoisotopic (exact) mass is 287 g/mol. The molecule has 5 nitrogen and oxygen atoms in total. The summed E-state index contributed by atoms with van der Waals surface area (Å²) in [4.78, 5) is 6.71. The maximum absolute atomic E-state index is 5.88. The molecule has 1 aliphatic carbocycles. The van der Waals surface area contributed by atoms with Gasteiger partial charge in [-0.25, -0.2) is 9.67 Å². The number of hydrogen-bond acceptors (Lipinski definition) is 4. The summed E-state index contributed by atoms with van der Waals surface area (Å²) in [5.74, 6) is 2.43. The van der Waals surface area contributed by atoms with Crippen LogP contribution in [0.5, 0.6) is 0 Å². The summed E-state index contributed by atoms with van der Waals surface area (Å²) in [6.45, 7) is 6.90. The highest BCUT2D eigenvalue weighted by molar-refractivity contribution is 5.85. The Bertz CT molecular complexity index is 375. The van der Waals surface area contributed by atoms with E-state index in [4.69, 9.17) is 5.73 Å². The number of nitrogens with two attached hydrogens (primary N) is 1. The predicted molar refractivity (Wildman–Crippen MR) is 79.1 cm³/mol.